The van der Waals surface area contributed by atoms with E-state index in [0.29, 0.717) is 5.02 Å². The van der Waals surface area contributed by atoms with Crippen molar-refractivity contribution in [3.63, 3.8) is 0 Å². The molecule has 3 nitrogen and oxygen atoms in total. The minimum absolute atomic E-state index is 0.0249. The van der Waals surface area contributed by atoms with Crippen LogP contribution in [0.4, 0.5) is 5.69 Å². The molecule has 1 aliphatic heterocycles. The van der Waals surface area contributed by atoms with Crippen LogP contribution in [-0.4, -0.2) is 29.9 Å². The van der Waals surface area contributed by atoms with Crippen molar-refractivity contribution in [1.82, 2.24) is 4.90 Å². The van der Waals surface area contributed by atoms with Gasteiger partial charge in [0.15, 0.2) is 0 Å². The maximum atomic E-state index is 12.7. The van der Waals surface area contributed by atoms with Crippen LogP contribution < -0.4 is 5.32 Å². The Morgan fingerprint density at radius 3 is 2.71 bits per heavy atom. The molecular formula is C17H25ClN2O. The lowest BCUT2D eigenvalue weighted by Crippen LogP contribution is -2.42. The van der Waals surface area contributed by atoms with Crippen molar-refractivity contribution in [3.05, 3.63) is 28.8 Å². The first-order chi connectivity index (χ1) is 10.1. The number of hydrogen-bond acceptors (Lipinski definition) is 2. The number of nitrogens with one attached hydrogen (secondary N) is 1. The van der Waals surface area contributed by atoms with Crippen LogP contribution in [0.15, 0.2) is 18.2 Å². The lowest BCUT2D eigenvalue weighted by Gasteiger charge is -2.27. The molecule has 0 saturated carbocycles. The number of halogens is 1. The lowest BCUT2D eigenvalue weighted by atomic mass is 10.1. The molecule has 1 fully saturated rings. The van der Waals surface area contributed by atoms with Gasteiger partial charge in [0.05, 0.1) is 16.8 Å². The molecule has 0 aliphatic carbocycles. The summed E-state index contributed by atoms with van der Waals surface area (Å²) in [5, 5.41) is 3.66. The summed E-state index contributed by atoms with van der Waals surface area (Å²) in [6.45, 7) is 6.20. The largest absolute Gasteiger partial charge is 0.323 e. The van der Waals surface area contributed by atoms with E-state index in [4.69, 9.17) is 11.6 Å². The van der Waals surface area contributed by atoms with Gasteiger partial charge in [-0.05, 0) is 50.9 Å². The smallest absolute Gasteiger partial charge is 0.241 e. The van der Waals surface area contributed by atoms with Crippen LogP contribution in [0.1, 0.15) is 44.6 Å². The van der Waals surface area contributed by atoms with Gasteiger partial charge >= 0.3 is 0 Å². The molecule has 1 N–H and O–H groups in total. The fraction of sp³-hybridized carbons (Fsp3) is 0.588. The quantitative estimate of drug-likeness (QED) is 0.852. The highest BCUT2D eigenvalue weighted by atomic mass is 35.5. The zero-order valence-corrected chi connectivity index (χ0v) is 13.7. The SMILES string of the molecule is CCCC[C@H](C(=O)Nc1c(C)cccc1Cl)N1CCCC1. The van der Waals surface area contributed by atoms with E-state index in [1.54, 1.807) is 0 Å². The van der Waals surface area contributed by atoms with Crippen LogP contribution in [0, 0.1) is 6.92 Å². The second-order valence-electron chi connectivity index (χ2n) is 5.82. The predicted octanol–water partition coefficient (Wildman–Crippen LogP) is 4.24. The Morgan fingerprint density at radius 1 is 1.38 bits per heavy atom. The number of amides is 1. The monoisotopic (exact) mass is 308 g/mol. The molecule has 21 heavy (non-hydrogen) atoms. The summed E-state index contributed by atoms with van der Waals surface area (Å²) in [6, 6.07) is 5.67. The molecule has 1 atom stereocenters. The Labute approximate surface area is 132 Å². The number of carbonyl (C=O) groups excluding carboxylic acids is 1. The van der Waals surface area contributed by atoms with Crippen LogP contribution in [0.25, 0.3) is 0 Å². The molecule has 0 unspecified atom stereocenters. The van der Waals surface area contributed by atoms with Gasteiger partial charge in [0.25, 0.3) is 0 Å². The predicted molar refractivity (Wildman–Crippen MR) is 88.9 cm³/mol. The molecule has 0 bridgehead atoms. The number of unbranched alkanes of at least 4 members (excludes halogenated alkanes) is 1. The van der Waals surface area contributed by atoms with Gasteiger partial charge in [-0.15, -0.1) is 0 Å². The maximum absolute atomic E-state index is 12.7. The second kappa shape index (κ2) is 7.81. The Bertz CT molecular complexity index is 463. The molecule has 1 amide bonds. The minimum atomic E-state index is -0.0249. The summed E-state index contributed by atoms with van der Waals surface area (Å²) in [5.41, 5.74) is 1.76. The van der Waals surface area contributed by atoms with Crippen molar-refractivity contribution in [1.29, 1.82) is 0 Å². The Morgan fingerprint density at radius 2 is 2.10 bits per heavy atom. The van der Waals surface area contributed by atoms with E-state index in [-0.39, 0.29) is 11.9 Å². The first-order valence-corrected chi connectivity index (χ1v) is 8.31. The van der Waals surface area contributed by atoms with E-state index in [0.717, 1.165) is 43.6 Å². The summed E-state index contributed by atoms with van der Waals surface area (Å²) in [6.07, 6.45) is 5.51. The van der Waals surface area contributed by atoms with Crippen molar-refractivity contribution in [2.75, 3.05) is 18.4 Å². The van der Waals surface area contributed by atoms with Gasteiger partial charge in [-0.3, -0.25) is 9.69 Å². The zero-order valence-electron chi connectivity index (χ0n) is 13.0. The summed E-state index contributed by atoms with van der Waals surface area (Å²) < 4.78 is 0. The Hall–Kier alpha value is -1.06. The molecule has 0 radical (unpaired) electrons. The summed E-state index contributed by atoms with van der Waals surface area (Å²) >= 11 is 6.21. The fourth-order valence-electron chi connectivity index (χ4n) is 2.93. The van der Waals surface area contributed by atoms with Crippen LogP contribution in [0.5, 0.6) is 0 Å². The van der Waals surface area contributed by atoms with Crippen LogP contribution in [-0.2, 0) is 4.79 Å². The first kappa shape index (κ1) is 16.3. The van der Waals surface area contributed by atoms with Gasteiger partial charge in [0.1, 0.15) is 0 Å². The average Bonchev–Trinajstić information content (AvgIpc) is 2.97. The lowest BCUT2D eigenvalue weighted by molar-refractivity contribution is -0.121. The normalized spacial score (nSPS) is 16.9. The molecule has 4 heteroatoms. The second-order valence-corrected chi connectivity index (χ2v) is 6.23. The van der Waals surface area contributed by atoms with Gasteiger partial charge in [-0.1, -0.05) is 43.5 Å². The van der Waals surface area contributed by atoms with Crippen LogP contribution >= 0.6 is 11.6 Å². The van der Waals surface area contributed by atoms with Gasteiger partial charge in [-0.2, -0.15) is 0 Å². The molecule has 1 aromatic carbocycles. The van der Waals surface area contributed by atoms with Gasteiger partial charge < -0.3 is 5.32 Å². The standard InChI is InChI=1S/C17H25ClN2O/c1-3-4-10-15(20-11-5-6-12-20)17(21)19-16-13(2)8-7-9-14(16)18/h7-9,15H,3-6,10-12H2,1-2H3,(H,19,21)/t15-/m1/s1. The average molecular weight is 309 g/mol. The molecular weight excluding hydrogens is 284 g/mol. The Kier molecular flexibility index (Phi) is 6.07. The van der Waals surface area contributed by atoms with E-state index in [1.807, 2.05) is 25.1 Å². The highest BCUT2D eigenvalue weighted by Crippen LogP contribution is 2.26. The van der Waals surface area contributed by atoms with Gasteiger partial charge in [0.2, 0.25) is 5.91 Å². The van der Waals surface area contributed by atoms with E-state index in [9.17, 15) is 4.79 Å². The van der Waals surface area contributed by atoms with Crippen molar-refractivity contribution in [2.45, 2.75) is 52.0 Å². The molecule has 0 aromatic heterocycles. The van der Waals surface area contributed by atoms with Crippen molar-refractivity contribution < 1.29 is 4.79 Å². The summed E-state index contributed by atoms with van der Waals surface area (Å²) in [4.78, 5) is 15.0. The fourth-order valence-corrected chi connectivity index (χ4v) is 3.20. The number of aryl methyl sites for hydroxylation is 1. The van der Waals surface area contributed by atoms with Crippen LogP contribution in [0.2, 0.25) is 5.02 Å². The van der Waals surface area contributed by atoms with Crippen molar-refractivity contribution >= 4 is 23.2 Å². The van der Waals surface area contributed by atoms with E-state index in [1.165, 1.54) is 12.8 Å². The van der Waals surface area contributed by atoms with Crippen LogP contribution in [0.3, 0.4) is 0 Å². The number of para-hydroxylation sites is 1. The van der Waals surface area contributed by atoms with E-state index < -0.39 is 0 Å². The first-order valence-electron chi connectivity index (χ1n) is 7.93. The molecule has 1 aliphatic rings. The molecule has 116 valence electrons. The number of likely N-dealkylation sites (tertiary alicyclic amines) is 1. The molecule has 1 aromatic rings. The van der Waals surface area contributed by atoms with Gasteiger partial charge in [0, 0.05) is 0 Å². The summed E-state index contributed by atoms with van der Waals surface area (Å²) in [7, 11) is 0. The van der Waals surface area contributed by atoms with Crippen molar-refractivity contribution in [3.8, 4) is 0 Å². The third kappa shape index (κ3) is 4.21. The van der Waals surface area contributed by atoms with E-state index >= 15 is 0 Å². The highest BCUT2D eigenvalue weighted by Gasteiger charge is 2.28. The molecule has 1 heterocycles. The number of rotatable bonds is 6. The number of nitrogens with zero attached hydrogens (tertiary/aromatic N) is 1. The maximum Gasteiger partial charge on any atom is 0.241 e. The number of carbonyl (C=O) groups is 1. The number of hydrogen-bond donors (Lipinski definition) is 1. The number of anilines is 1. The third-order valence-corrected chi connectivity index (χ3v) is 4.50. The molecule has 1 saturated heterocycles. The molecule has 2 rings (SSSR count). The number of benzene rings is 1. The third-order valence-electron chi connectivity index (χ3n) is 4.19. The Balaban J connectivity index is 2.10. The van der Waals surface area contributed by atoms with E-state index in [2.05, 4.69) is 17.1 Å². The van der Waals surface area contributed by atoms with Crippen molar-refractivity contribution in [2.24, 2.45) is 0 Å². The van der Waals surface area contributed by atoms with Gasteiger partial charge in [-0.25, -0.2) is 0 Å². The molecule has 0 spiro atoms. The zero-order chi connectivity index (χ0) is 15.2. The highest BCUT2D eigenvalue weighted by molar-refractivity contribution is 6.34. The minimum Gasteiger partial charge on any atom is -0.323 e. The summed E-state index contributed by atoms with van der Waals surface area (Å²) in [5.74, 6) is 0.0848. The topological polar surface area (TPSA) is 32.3 Å².